The van der Waals surface area contributed by atoms with E-state index in [-0.39, 0.29) is 39.2 Å². The van der Waals surface area contributed by atoms with Gasteiger partial charge < -0.3 is 15.5 Å². The van der Waals surface area contributed by atoms with E-state index in [0.29, 0.717) is 27.2 Å². The second-order valence-electron chi connectivity index (χ2n) is 8.76. The van der Waals surface area contributed by atoms with Crippen LogP contribution in [-0.4, -0.2) is 35.2 Å². The van der Waals surface area contributed by atoms with Crippen LogP contribution in [0.4, 0.5) is 15.9 Å². The molecule has 0 radical (unpaired) electrons. The molecule has 5 rings (SSSR count). The van der Waals surface area contributed by atoms with E-state index in [1.807, 2.05) is 0 Å². The molecule has 0 atom stereocenters. The highest BCUT2D eigenvalue weighted by atomic mass is 35.5. The lowest BCUT2D eigenvalue weighted by Gasteiger charge is -2.13. The molecular formula is C26H20Cl2FN5O4S. The fraction of sp³-hybridized carbons (Fsp3) is 0.0769. The van der Waals surface area contributed by atoms with Gasteiger partial charge in [0, 0.05) is 17.0 Å². The number of fused-ring (bicyclic) bond motifs is 1. The Labute approximate surface area is 232 Å². The average molecular weight is 588 g/mol. The minimum absolute atomic E-state index is 0.0392. The molecule has 3 aromatic carbocycles. The number of carbonyl (C=O) groups is 1. The van der Waals surface area contributed by atoms with Crippen molar-refractivity contribution in [2.24, 2.45) is 0 Å². The fourth-order valence-corrected chi connectivity index (χ4v) is 5.11. The van der Waals surface area contributed by atoms with Crippen LogP contribution in [0.25, 0.3) is 16.6 Å². The van der Waals surface area contributed by atoms with E-state index in [1.54, 1.807) is 43.3 Å². The summed E-state index contributed by atoms with van der Waals surface area (Å²) in [5.41, 5.74) is 7.59. The van der Waals surface area contributed by atoms with Crippen molar-refractivity contribution in [1.82, 2.24) is 14.8 Å². The van der Waals surface area contributed by atoms with Crippen LogP contribution in [-0.2, 0) is 10.0 Å². The predicted octanol–water partition coefficient (Wildman–Crippen LogP) is 6.08. The molecule has 0 bridgehead atoms. The third kappa shape index (κ3) is 5.29. The maximum atomic E-state index is 15.3. The lowest BCUT2D eigenvalue weighted by molar-refractivity contribution is 0.103. The van der Waals surface area contributed by atoms with Crippen LogP contribution >= 0.6 is 23.2 Å². The van der Waals surface area contributed by atoms with Crippen LogP contribution in [0.3, 0.4) is 0 Å². The van der Waals surface area contributed by atoms with Gasteiger partial charge in [0.2, 0.25) is 15.8 Å². The molecule has 0 fully saturated rings. The van der Waals surface area contributed by atoms with E-state index >= 15 is 4.39 Å². The number of hydrogen-bond donors (Lipinski definition) is 3. The Morgan fingerprint density at radius 2 is 1.87 bits per heavy atom. The molecule has 0 saturated carbocycles. The number of ketones is 1. The molecule has 2 aromatic heterocycles. The number of aromatic nitrogens is 3. The average Bonchev–Trinajstić information content (AvgIpc) is 3.42. The second kappa shape index (κ2) is 9.92. The molecule has 0 saturated heterocycles. The summed E-state index contributed by atoms with van der Waals surface area (Å²) in [5.74, 6) is -0.642. The number of carbonyl (C=O) groups excluding carboxylic acids is 1. The first-order valence-electron chi connectivity index (χ1n) is 11.3. The SMILES string of the molecule is Cc1cc(Oc2ccccc2Cl)cc(F)c1-n1ncc(C(=O)c2cc3cc(Cl)c(NS(C)(=O)=O)cc3[nH]2)c1N. The Morgan fingerprint density at radius 3 is 2.56 bits per heavy atom. The smallest absolute Gasteiger partial charge is 0.229 e. The van der Waals surface area contributed by atoms with Gasteiger partial charge in [-0.3, -0.25) is 9.52 Å². The van der Waals surface area contributed by atoms with Crippen molar-refractivity contribution in [2.45, 2.75) is 6.92 Å². The highest BCUT2D eigenvalue weighted by molar-refractivity contribution is 7.92. The third-order valence-electron chi connectivity index (χ3n) is 5.80. The van der Waals surface area contributed by atoms with Gasteiger partial charge in [-0.15, -0.1) is 0 Å². The normalized spacial score (nSPS) is 11.6. The molecule has 4 N–H and O–H groups in total. The van der Waals surface area contributed by atoms with Gasteiger partial charge in [0.1, 0.15) is 23.0 Å². The van der Waals surface area contributed by atoms with E-state index in [9.17, 15) is 13.2 Å². The molecule has 39 heavy (non-hydrogen) atoms. The number of sulfonamides is 1. The number of nitrogens with two attached hydrogens (primary N) is 1. The first kappa shape index (κ1) is 26.5. The number of nitrogens with one attached hydrogen (secondary N) is 2. The van der Waals surface area contributed by atoms with E-state index in [1.165, 1.54) is 24.4 Å². The number of H-pyrrole nitrogens is 1. The Hall–Kier alpha value is -4.06. The van der Waals surface area contributed by atoms with Crippen molar-refractivity contribution >= 4 is 61.4 Å². The number of halogens is 3. The number of benzene rings is 3. The number of ether oxygens (including phenoxy) is 1. The van der Waals surface area contributed by atoms with Gasteiger partial charge in [-0.1, -0.05) is 35.3 Å². The molecule has 200 valence electrons. The number of anilines is 2. The second-order valence-corrected chi connectivity index (χ2v) is 11.3. The molecule has 0 spiro atoms. The molecule has 0 aliphatic rings. The van der Waals surface area contributed by atoms with Crippen LogP contribution in [0.1, 0.15) is 21.6 Å². The topological polar surface area (TPSA) is 132 Å². The minimum atomic E-state index is -3.57. The Bertz CT molecular complexity index is 1860. The maximum Gasteiger partial charge on any atom is 0.229 e. The molecule has 0 aliphatic heterocycles. The van der Waals surface area contributed by atoms with Crippen molar-refractivity contribution in [1.29, 1.82) is 0 Å². The number of hydrogen-bond acceptors (Lipinski definition) is 6. The van der Waals surface area contributed by atoms with Gasteiger partial charge in [-0.25, -0.2) is 17.5 Å². The first-order chi connectivity index (χ1) is 18.4. The monoisotopic (exact) mass is 587 g/mol. The first-order valence-corrected chi connectivity index (χ1v) is 14.0. The largest absolute Gasteiger partial charge is 0.456 e. The molecular weight excluding hydrogens is 568 g/mol. The van der Waals surface area contributed by atoms with Gasteiger partial charge >= 0.3 is 0 Å². The van der Waals surface area contributed by atoms with E-state index < -0.39 is 21.6 Å². The zero-order valence-corrected chi connectivity index (χ0v) is 22.7. The zero-order valence-electron chi connectivity index (χ0n) is 20.4. The quantitative estimate of drug-likeness (QED) is 0.197. The summed E-state index contributed by atoms with van der Waals surface area (Å²) in [4.78, 5) is 16.2. The third-order valence-corrected chi connectivity index (χ3v) is 7.02. The number of aromatic amines is 1. The van der Waals surface area contributed by atoms with Crippen molar-refractivity contribution in [3.8, 4) is 17.2 Å². The lowest BCUT2D eigenvalue weighted by atomic mass is 10.1. The molecule has 9 nitrogen and oxygen atoms in total. The number of rotatable bonds is 7. The van der Waals surface area contributed by atoms with Crippen molar-refractivity contribution in [3.05, 3.63) is 93.5 Å². The molecule has 0 amide bonds. The highest BCUT2D eigenvalue weighted by Gasteiger charge is 2.23. The van der Waals surface area contributed by atoms with Gasteiger partial charge in [-0.05, 0) is 48.9 Å². The molecule has 2 heterocycles. The summed E-state index contributed by atoms with van der Waals surface area (Å²) in [6.45, 7) is 1.66. The van der Waals surface area contributed by atoms with Crippen LogP contribution in [0.5, 0.6) is 11.5 Å². The fourth-order valence-electron chi connectivity index (χ4n) is 4.10. The zero-order chi connectivity index (χ0) is 28.1. The molecule has 0 aliphatic carbocycles. The van der Waals surface area contributed by atoms with Crippen molar-refractivity contribution < 1.29 is 22.3 Å². The summed E-state index contributed by atoms with van der Waals surface area (Å²) >= 11 is 12.3. The van der Waals surface area contributed by atoms with Crippen LogP contribution in [0.15, 0.2) is 60.8 Å². The minimum Gasteiger partial charge on any atom is -0.456 e. The van der Waals surface area contributed by atoms with Gasteiger partial charge in [0.15, 0.2) is 5.82 Å². The Morgan fingerprint density at radius 1 is 1.13 bits per heavy atom. The summed E-state index contributed by atoms with van der Waals surface area (Å²) in [7, 11) is -3.57. The Balaban J connectivity index is 1.46. The van der Waals surface area contributed by atoms with Crippen LogP contribution in [0, 0.1) is 12.7 Å². The maximum absolute atomic E-state index is 15.3. The standard InChI is InChI=1S/C26H20Cl2FN5O4S/c1-13-7-15(38-23-6-4-3-5-17(23)27)10-19(29)24(13)34-26(30)16(12-31-34)25(35)22-9-14-8-18(28)21(11-20(14)32-22)33-39(2,36)37/h3-12,32-33H,30H2,1-2H3. The summed E-state index contributed by atoms with van der Waals surface area (Å²) < 4.78 is 47.7. The van der Waals surface area contributed by atoms with Crippen LogP contribution < -0.4 is 15.2 Å². The van der Waals surface area contributed by atoms with Crippen molar-refractivity contribution in [3.63, 3.8) is 0 Å². The molecule has 13 heteroatoms. The summed E-state index contributed by atoms with van der Waals surface area (Å²) in [6, 6.07) is 14.2. The highest BCUT2D eigenvalue weighted by Crippen LogP contribution is 2.34. The van der Waals surface area contributed by atoms with Gasteiger partial charge in [0.05, 0.1) is 39.4 Å². The van der Waals surface area contributed by atoms with E-state index in [0.717, 1.165) is 10.9 Å². The van der Waals surface area contributed by atoms with E-state index in [2.05, 4.69) is 14.8 Å². The Kier molecular flexibility index (Phi) is 6.75. The van der Waals surface area contributed by atoms with Gasteiger partial charge in [-0.2, -0.15) is 5.10 Å². The molecule has 0 unspecified atom stereocenters. The van der Waals surface area contributed by atoms with Crippen molar-refractivity contribution in [2.75, 3.05) is 16.7 Å². The molecule has 5 aromatic rings. The van der Waals surface area contributed by atoms with Crippen LogP contribution in [0.2, 0.25) is 10.0 Å². The number of aryl methyl sites for hydroxylation is 1. The predicted molar refractivity (Wildman–Crippen MR) is 149 cm³/mol. The summed E-state index contributed by atoms with van der Waals surface area (Å²) in [6.07, 6.45) is 2.25. The number of nitrogens with zero attached hydrogens (tertiary/aromatic N) is 2. The number of para-hydroxylation sites is 1. The lowest BCUT2D eigenvalue weighted by Crippen LogP contribution is -2.10. The van der Waals surface area contributed by atoms with Gasteiger partial charge in [0.25, 0.3) is 0 Å². The summed E-state index contributed by atoms with van der Waals surface area (Å²) in [5, 5.41) is 5.27. The number of nitrogen functional groups attached to an aromatic ring is 1. The van der Waals surface area contributed by atoms with E-state index in [4.69, 9.17) is 33.7 Å².